The van der Waals surface area contributed by atoms with Crippen LogP contribution in [0, 0.1) is 0 Å². The molecule has 14 nitrogen and oxygen atoms in total. The molecule has 3 aromatic carbocycles. The highest BCUT2D eigenvalue weighted by Gasteiger charge is 2.53. The molecule has 3 aromatic rings. The molecule has 0 radical (unpaired) electrons. The second-order valence-corrected chi connectivity index (χ2v) is 10.6. The summed E-state index contributed by atoms with van der Waals surface area (Å²) in [5.41, 5.74) is 0.490. The predicted molar refractivity (Wildman–Crippen MR) is 166 cm³/mol. The molecule has 258 valence electrons. The fourth-order valence-electron chi connectivity index (χ4n) is 4.82. The maximum atomic E-state index is 13.3. The Labute approximate surface area is 281 Å². The third-order valence-corrected chi connectivity index (χ3v) is 6.83. The van der Waals surface area contributed by atoms with Gasteiger partial charge in [-0.1, -0.05) is 48.5 Å². The number of para-hydroxylation sites is 2. The average molecular weight is 679 g/mol. The number of hydrogen-bond acceptors (Lipinski definition) is 14. The van der Waals surface area contributed by atoms with Crippen LogP contribution < -0.4 is 9.47 Å². The fourth-order valence-corrected chi connectivity index (χ4v) is 4.82. The minimum absolute atomic E-state index is 0.00801. The van der Waals surface area contributed by atoms with Crippen LogP contribution >= 0.6 is 0 Å². The lowest BCUT2D eigenvalue weighted by Gasteiger charge is -2.44. The molecule has 0 unspecified atom stereocenters. The van der Waals surface area contributed by atoms with E-state index in [0.717, 1.165) is 20.8 Å². The van der Waals surface area contributed by atoms with Crippen molar-refractivity contribution in [2.45, 2.75) is 65.0 Å². The molecule has 0 amide bonds. The predicted octanol–water partition coefficient (Wildman–Crippen LogP) is 3.72. The van der Waals surface area contributed by atoms with Gasteiger partial charge in [0.1, 0.15) is 36.4 Å². The monoisotopic (exact) mass is 678 g/mol. The summed E-state index contributed by atoms with van der Waals surface area (Å²) in [5.74, 6) is -4.40. The summed E-state index contributed by atoms with van der Waals surface area (Å²) in [6.45, 7) is 3.80. The van der Waals surface area contributed by atoms with Crippen molar-refractivity contribution in [3.05, 3.63) is 95.6 Å². The van der Waals surface area contributed by atoms with Gasteiger partial charge in [-0.25, -0.2) is 9.59 Å². The standard InChI is InChI=1S/C35H34O14/c1-20(36)42-19-29-30(45-22(3)38)31(46-23(4)39)32(49-33(40)24-12-6-5-7-13-24)35(48-29)47-27-16-10-8-14-25(27)18-43-34(41)26-15-9-11-17-28(26)44-21(2)37/h5-17,29-32,35H,18-19H2,1-4H3/t29-,30-,31+,32-,35-/m1/s1. The molecule has 4 rings (SSSR count). The van der Waals surface area contributed by atoms with Crippen LogP contribution in [0.15, 0.2) is 78.9 Å². The molecule has 1 heterocycles. The second kappa shape index (κ2) is 16.9. The van der Waals surface area contributed by atoms with Crippen LogP contribution in [0.2, 0.25) is 0 Å². The van der Waals surface area contributed by atoms with Gasteiger partial charge in [-0.3, -0.25) is 19.2 Å². The van der Waals surface area contributed by atoms with E-state index < -0.39 is 73.1 Å². The first-order chi connectivity index (χ1) is 23.4. The zero-order valence-electron chi connectivity index (χ0n) is 27.0. The molecule has 0 spiro atoms. The number of carbonyl (C=O) groups excluding carboxylic acids is 6. The van der Waals surface area contributed by atoms with Crippen LogP contribution in [-0.4, -0.2) is 73.1 Å². The van der Waals surface area contributed by atoms with Gasteiger partial charge in [-0.05, 0) is 30.3 Å². The highest BCUT2D eigenvalue weighted by atomic mass is 16.7. The normalized spacial score (nSPS) is 19.8. The maximum absolute atomic E-state index is 13.3. The molecule has 49 heavy (non-hydrogen) atoms. The lowest BCUT2D eigenvalue weighted by Crippen LogP contribution is -2.63. The second-order valence-electron chi connectivity index (χ2n) is 10.6. The first-order valence-electron chi connectivity index (χ1n) is 15.0. The number of carbonyl (C=O) groups is 6. The van der Waals surface area contributed by atoms with Crippen molar-refractivity contribution in [3.8, 4) is 11.5 Å². The lowest BCUT2D eigenvalue weighted by molar-refractivity contribution is -0.284. The third kappa shape index (κ3) is 10.1. The van der Waals surface area contributed by atoms with E-state index in [2.05, 4.69) is 0 Å². The van der Waals surface area contributed by atoms with Gasteiger partial charge in [0, 0.05) is 33.3 Å². The highest BCUT2D eigenvalue weighted by molar-refractivity contribution is 5.93. The number of hydrogen-bond donors (Lipinski definition) is 0. The van der Waals surface area contributed by atoms with Crippen molar-refractivity contribution < 1.29 is 66.7 Å². The Balaban J connectivity index is 1.67. The van der Waals surface area contributed by atoms with Crippen LogP contribution in [0.4, 0.5) is 0 Å². The van der Waals surface area contributed by atoms with Crippen LogP contribution in [0.3, 0.4) is 0 Å². The van der Waals surface area contributed by atoms with E-state index in [1.165, 1.54) is 37.3 Å². The Morgan fingerprint density at radius 3 is 1.86 bits per heavy atom. The van der Waals surface area contributed by atoms with Gasteiger partial charge in [0.25, 0.3) is 0 Å². The molecule has 0 N–H and O–H groups in total. The summed E-state index contributed by atoms with van der Waals surface area (Å²) >= 11 is 0. The summed E-state index contributed by atoms with van der Waals surface area (Å²) in [5, 5.41) is 0. The Morgan fingerprint density at radius 1 is 0.592 bits per heavy atom. The summed E-state index contributed by atoms with van der Waals surface area (Å²) in [4.78, 5) is 74.0. The summed E-state index contributed by atoms with van der Waals surface area (Å²) in [6, 6.07) is 20.4. The molecule has 1 fully saturated rings. The van der Waals surface area contributed by atoms with Gasteiger partial charge in [0.15, 0.2) is 12.2 Å². The van der Waals surface area contributed by atoms with Crippen LogP contribution in [0.5, 0.6) is 11.5 Å². The molecule has 0 bridgehead atoms. The minimum atomic E-state index is -1.55. The van der Waals surface area contributed by atoms with E-state index in [4.69, 9.17) is 37.9 Å². The largest absolute Gasteiger partial charge is 0.463 e. The summed E-state index contributed by atoms with van der Waals surface area (Å²) < 4.78 is 44.9. The smallest absolute Gasteiger partial charge is 0.342 e. The molecule has 1 aliphatic rings. The number of ether oxygens (including phenoxy) is 8. The highest BCUT2D eigenvalue weighted by Crippen LogP contribution is 2.33. The number of benzene rings is 3. The summed E-state index contributed by atoms with van der Waals surface area (Å²) in [6.07, 6.45) is -7.23. The molecule has 14 heteroatoms. The molecular formula is C35H34O14. The fraction of sp³-hybridized carbons (Fsp3) is 0.314. The van der Waals surface area contributed by atoms with E-state index in [0.29, 0.717) is 5.56 Å². The zero-order chi connectivity index (χ0) is 35.5. The van der Waals surface area contributed by atoms with Crippen molar-refractivity contribution in [3.63, 3.8) is 0 Å². The minimum Gasteiger partial charge on any atom is -0.463 e. The molecule has 1 saturated heterocycles. The molecule has 5 atom stereocenters. The van der Waals surface area contributed by atoms with Gasteiger partial charge >= 0.3 is 35.8 Å². The Hall–Kier alpha value is -5.76. The van der Waals surface area contributed by atoms with Gasteiger partial charge in [0.05, 0.1) is 5.56 Å². The van der Waals surface area contributed by atoms with Crippen LogP contribution in [0.1, 0.15) is 54.0 Å². The van der Waals surface area contributed by atoms with Gasteiger partial charge in [0.2, 0.25) is 12.4 Å². The molecule has 0 aliphatic carbocycles. The van der Waals surface area contributed by atoms with Crippen molar-refractivity contribution in [1.82, 2.24) is 0 Å². The van der Waals surface area contributed by atoms with Crippen molar-refractivity contribution in [2.75, 3.05) is 6.61 Å². The molecule has 1 aliphatic heterocycles. The SMILES string of the molecule is CC(=O)OC[C@H]1O[C@@H](Oc2ccccc2COC(=O)c2ccccc2OC(C)=O)[C@H](OC(=O)c2ccccc2)[C@@H](OC(C)=O)[C@@H]1OC(C)=O. The van der Waals surface area contributed by atoms with E-state index in [-0.39, 0.29) is 29.2 Å². The third-order valence-electron chi connectivity index (χ3n) is 6.83. The molecular weight excluding hydrogens is 644 g/mol. The first-order valence-corrected chi connectivity index (χ1v) is 15.0. The molecule has 0 saturated carbocycles. The number of rotatable bonds is 12. The maximum Gasteiger partial charge on any atom is 0.342 e. The van der Waals surface area contributed by atoms with E-state index >= 15 is 0 Å². The van der Waals surface area contributed by atoms with Crippen LogP contribution in [0.25, 0.3) is 0 Å². The topological polar surface area (TPSA) is 176 Å². The summed E-state index contributed by atoms with van der Waals surface area (Å²) in [7, 11) is 0. The van der Waals surface area contributed by atoms with Crippen molar-refractivity contribution in [2.24, 2.45) is 0 Å². The average Bonchev–Trinajstić information content (AvgIpc) is 3.05. The van der Waals surface area contributed by atoms with E-state index in [1.807, 2.05) is 0 Å². The van der Waals surface area contributed by atoms with Crippen molar-refractivity contribution in [1.29, 1.82) is 0 Å². The van der Waals surface area contributed by atoms with Crippen molar-refractivity contribution >= 4 is 35.8 Å². The lowest BCUT2D eigenvalue weighted by atomic mass is 9.98. The Morgan fingerprint density at radius 2 is 1.20 bits per heavy atom. The quantitative estimate of drug-likeness (QED) is 0.154. The van der Waals surface area contributed by atoms with Gasteiger partial charge < -0.3 is 37.9 Å². The van der Waals surface area contributed by atoms with E-state index in [1.54, 1.807) is 48.5 Å². The van der Waals surface area contributed by atoms with Gasteiger partial charge in [-0.15, -0.1) is 0 Å². The molecule has 0 aromatic heterocycles. The first kappa shape index (κ1) is 36.1. The Kier molecular flexibility index (Phi) is 12.4. The van der Waals surface area contributed by atoms with Gasteiger partial charge in [-0.2, -0.15) is 0 Å². The zero-order valence-corrected chi connectivity index (χ0v) is 27.0. The Bertz CT molecular complexity index is 1670. The number of esters is 6. The van der Waals surface area contributed by atoms with E-state index in [9.17, 15) is 28.8 Å². The van der Waals surface area contributed by atoms with Crippen LogP contribution in [-0.2, 0) is 54.2 Å².